The quantitative estimate of drug-likeness (QED) is 0.626. The molecule has 1 aliphatic rings. The second-order valence-corrected chi connectivity index (χ2v) is 8.01. The number of hydrogen-bond donors (Lipinski definition) is 0. The molecule has 0 aliphatic carbocycles. The van der Waals surface area contributed by atoms with Gasteiger partial charge >= 0.3 is 0 Å². The summed E-state index contributed by atoms with van der Waals surface area (Å²) >= 11 is 0. The molecule has 0 radical (unpaired) electrons. The van der Waals surface area contributed by atoms with E-state index in [0.29, 0.717) is 28.8 Å². The largest absolute Gasteiger partial charge is 0.497 e. The molecule has 0 fully saturated rings. The lowest BCUT2D eigenvalue weighted by atomic mass is 9.98. The van der Waals surface area contributed by atoms with E-state index in [0.717, 1.165) is 24.1 Å². The molecule has 1 atom stereocenters. The average molecular weight is 406 g/mol. The van der Waals surface area contributed by atoms with Crippen molar-refractivity contribution in [1.82, 2.24) is 9.80 Å². The Bertz CT molecular complexity index is 1170. The van der Waals surface area contributed by atoms with Crippen LogP contribution in [0.3, 0.4) is 0 Å². The van der Waals surface area contributed by atoms with Gasteiger partial charge in [0.25, 0.3) is 5.91 Å². The molecule has 6 heteroatoms. The fourth-order valence-electron chi connectivity index (χ4n) is 4.08. The number of aryl methyl sites for hydroxylation is 1. The van der Waals surface area contributed by atoms with Crippen molar-refractivity contribution in [1.29, 1.82) is 0 Å². The highest BCUT2D eigenvalue weighted by atomic mass is 16.5. The van der Waals surface area contributed by atoms with Gasteiger partial charge < -0.3 is 19.0 Å². The fourth-order valence-corrected chi connectivity index (χ4v) is 4.08. The van der Waals surface area contributed by atoms with E-state index in [9.17, 15) is 9.59 Å². The zero-order valence-corrected chi connectivity index (χ0v) is 17.8. The summed E-state index contributed by atoms with van der Waals surface area (Å²) in [4.78, 5) is 30.7. The summed E-state index contributed by atoms with van der Waals surface area (Å²) in [5, 5.41) is 0.504. The van der Waals surface area contributed by atoms with Crippen molar-refractivity contribution in [3.05, 3.63) is 75.1 Å². The van der Waals surface area contributed by atoms with Gasteiger partial charge in [0.15, 0.2) is 5.43 Å². The molecule has 1 aliphatic heterocycles. The molecule has 4 rings (SSSR count). The summed E-state index contributed by atoms with van der Waals surface area (Å²) in [7, 11) is 5.60. The Kier molecular flexibility index (Phi) is 5.35. The van der Waals surface area contributed by atoms with Crippen LogP contribution in [-0.4, -0.2) is 50.0 Å². The number of amides is 1. The van der Waals surface area contributed by atoms with E-state index < -0.39 is 6.04 Å². The van der Waals surface area contributed by atoms with Gasteiger partial charge in [0.1, 0.15) is 11.3 Å². The summed E-state index contributed by atoms with van der Waals surface area (Å²) in [6.07, 6.45) is 0.792. The molecule has 1 amide bonds. The number of carbonyl (C=O) groups is 1. The normalized spacial score (nSPS) is 15.8. The molecule has 2 aromatic carbocycles. The van der Waals surface area contributed by atoms with Gasteiger partial charge in [-0.3, -0.25) is 9.59 Å². The highest BCUT2D eigenvalue weighted by molar-refractivity contribution is 5.99. The maximum absolute atomic E-state index is 13.5. The molecule has 0 N–H and O–H groups in total. The lowest BCUT2D eigenvalue weighted by Gasteiger charge is -2.26. The van der Waals surface area contributed by atoms with Gasteiger partial charge in [0.2, 0.25) is 5.76 Å². The Morgan fingerprint density at radius 1 is 1.13 bits per heavy atom. The Balaban J connectivity index is 1.89. The van der Waals surface area contributed by atoms with Crippen LogP contribution in [0, 0.1) is 6.92 Å². The summed E-state index contributed by atoms with van der Waals surface area (Å²) in [5.74, 6) is 0.591. The number of benzene rings is 2. The monoisotopic (exact) mass is 406 g/mol. The minimum atomic E-state index is -0.495. The van der Waals surface area contributed by atoms with E-state index >= 15 is 0 Å². The van der Waals surface area contributed by atoms with Crippen molar-refractivity contribution < 1.29 is 13.9 Å². The van der Waals surface area contributed by atoms with Crippen LogP contribution in [0.15, 0.2) is 51.7 Å². The van der Waals surface area contributed by atoms with Crippen LogP contribution in [0.2, 0.25) is 0 Å². The molecule has 0 bridgehead atoms. The molecular weight excluding hydrogens is 380 g/mol. The van der Waals surface area contributed by atoms with Gasteiger partial charge in [-0.05, 0) is 63.8 Å². The average Bonchev–Trinajstić information content (AvgIpc) is 3.01. The third-order valence-electron chi connectivity index (χ3n) is 5.54. The molecule has 0 unspecified atom stereocenters. The first-order valence-electron chi connectivity index (χ1n) is 10.1. The van der Waals surface area contributed by atoms with Crippen molar-refractivity contribution in [3.8, 4) is 5.75 Å². The Morgan fingerprint density at radius 3 is 2.67 bits per heavy atom. The van der Waals surface area contributed by atoms with Gasteiger partial charge in [-0.2, -0.15) is 0 Å². The van der Waals surface area contributed by atoms with Gasteiger partial charge in [-0.1, -0.05) is 23.8 Å². The van der Waals surface area contributed by atoms with Gasteiger partial charge in [0.05, 0.1) is 24.1 Å². The molecule has 1 aromatic heterocycles. The number of carbonyl (C=O) groups excluding carboxylic acids is 1. The number of fused-ring (bicyclic) bond motifs is 2. The van der Waals surface area contributed by atoms with E-state index in [2.05, 4.69) is 4.90 Å². The van der Waals surface area contributed by atoms with Crippen LogP contribution in [0.1, 0.15) is 39.7 Å². The van der Waals surface area contributed by atoms with Crippen molar-refractivity contribution >= 4 is 16.9 Å². The van der Waals surface area contributed by atoms with Crippen molar-refractivity contribution in [2.75, 3.05) is 34.3 Å². The van der Waals surface area contributed by atoms with E-state index in [1.807, 2.05) is 57.4 Å². The lowest BCUT2D eigenvalue weighted by Crippen LogP contribution is -2.32. The maximum atomic E-state index is 13.5. The molecule has 0 saturated heterocycles. The second-order valence-electron chi connectivity index (χ2n) is 8.01. The molecule has 0 saturated carbocycles. The molecule has 6 nitrogen and oxygen atoms in total. The zero-order chi connectivity index (χ0) is 21.4. The van der Waals surface area contributed by atoms with Crippen molar-refractivity contribution in [2.24, 2.45) is 0 Å². The maximum Gasteiger partial charge on any atom is 0.290 e. The molecule has 156 valence electrons. The highest BCUT2D eigenvalue weighted by Gasteiger charge is 2.42. The van der Waals surface area contributed by atoms with E-state index in [1.165, 1.54) is 0 Å². The van der Waals surface area contributed by atoms with Crippen LogP contribution in [0.4, 0.5) is 0 Å². The molecule has 30 heavy (non-hydrogen) atoms. The summed E-state index contributed by atoms with van der Waals surface area (Å²) in [6, 6.07) is 12.5. The summed E-state index contributed by atoms with van der Waals surface area (Å²) < 4.78 is 11.4. The first kappa shape index (κ1) is 20.2. The zero-order valence-electron chi connectivity index (χ0n) is 17.8. The van der Waals surface area contributed by atoms with E-state index in [1.54, 1.807) is 18.1 Å². The number of ether oxygens (including phenoxy) is 1. The third kappa shape index (κ3) is 3.48. The van der Waals surface area contributed by atoms with Crippen molar-refractivity contribution in [2.45, 2.75) is 19.4 Å². The number of nitrogens with zero attached hydrogens (tertiary/aromatic N) is 2. The van der Waals surface area contributed by atoms with E-state index in [-0.39, 0.29) is 17.1 Å². The van der Waals surface area contributed by atoms with E-state index in [4.69, 9.17) is 9.15 Å². The molecule has 2 heterocycles. The predicted molar refractivity (Wildman–Crippen MR) is 116 cm³/mol. The molecule has 3 aromatic rings. The SMILES string of the molecule is COc1cccc([C@H]2c3c(oc4ccc(C)cc4c3=O)C(=O)N2CCCN(C)C)c1. The topological polar surface area (TPSA) is 63.0 Å². The molecule has 0 spiro atoms. The first-order valence-corrected chi connectivity index (χ1v) is 10.1. The van der Waals surface area contributed by atoms with Gasteiger partial charge in [0, 0.05) is 6.54 Å². The van der Waals surface area contributed by atoms with Gasteiger partial charge in [-0.25, -0.2) is 0 Å². The minimum Gasteiger partial charge on any atom is -0.497 e. The van der Waals surface area contributed by atoms with Crippen LogP contribution in [0.25, 0.3) is 11.0 Å². The fraction of sp³-hybridized carbons (Fsp3) is 0.333. The van der Waals surface area contributed by atoms with Gasteiger partial charge in [-0.15, -0.1) is 0 Å². The summed E-state index contributed by atoms with van der Waals surface area (Å²) in [6.45, 7) is 3.30. The number of hydrogen-bond acceptors (Lipinski definition) is 5. The Labute approximate surface area is 175 Å². The molecular formula is C24H26N2O4. The van der Waals surface area contributed by atoms with Crippen LogP contribution < -0.4 is 10.2 Å². The first-order chi connectivity index (χ1) is 14.4. The van der Waals surface area contributed by atoms with Crippen LogP contribution in [0.5, 0.6) is 5.75 Å². The lowest BCUT2D eigenvalue weighted by molar-refractivity contribution is 0.0722. The number of methoxy groups -OCH3 is 1. The van der Waals surface area contributed by atoms with Crippen LogP contribution in [-0.2, 0) is 0 Å². The predicted octanol–water partition coefficient (Wildman–Crippen LogP) is 3.61. The highest BCUT2D eigenvalue weighted by Crippen LogP contribution is 2.39. The minimum absolute atomic E-state index is 0.147. The third-order valence-corrected chi connectivity index (χ3v) is 5.54. The van der Waals surface area contributed by atoms with Crippen LogP contribution >= 0.6 is 0 Å². The Morgan fingerprint density at radius 2 is 1.93 bits per heavy atom. The smallest absolute Gasteiger partial charge is 0.290 e. The number of rotatable bonds is 6. The standard InChI is InChI=1S/C24H26N2O4/c1-15-9-10-19-18(13-15)22(27)20-21(16-7-5-8-17(14-16)29-4)26(12-6-11-25(2)3)24(28)23(20)30-19/h5,7-10,13-14,21H,6,11-12H2,1-4H3/t21-/m0/s1. The van der Waals surface area contributed by atoms with Crippen molar-refractivity contribution in [3.63, 3.8) is 0 Å². The summed E-state index contributed by atoms with van der Waals surface area (Å²) in [5.41, 5.74) is 2.52. The Hall–Kier alpha value is -3.12. The second kappa shape index (κ2) is 7.95.